The Hall–Kier alpha value is -2.68. The van der Waals surface area contributed by atoms with Gasteiger partial charge in [0.15, 0.2) is 5.78 Å². The number of hydrogen-bond acceptors (Lipinski definition) is 5. The smallest absolute Gasteiger partial charge is 0.421 e. The zero-order valence-corrected chi connectivity index (χ0v) is 16.5. The highest BCUT2D eigenvalue weighted by Gasteiger charge is 2.35. The quantitative estimate of drug-likeness (QED) is 0.479. The summed E-state index contributed by atoms with van der Waals surface area (Å²) >= 11 is 5.57. The predicted octanol–water partition coefficient (Wildman–Crippen LogP) is 4.85. The molecule has 2 rings (SSSR count). The van der Waals surface area contributed by atoms with Gasteiger partial charge in [0.05, 0.1) is 11.6 Å². The SMILES string of the molecule is CCC(=O)Nc1cc(C(=O)CCCOc2ncc(Cl)cc2C(F)(F)F)cc(C)n1. The number of anilines is 1. The molecule has 0 radical (unpaired) electrons. The molecule has 6 nitrogen and oxygen atoms in total. The normalized spacial score (nSPS) is 11.2. The first kappa shape index (κ1) is 22.6. The first-order valence-corrected chi connectivity index (χ1v) is 9.15. The van der Waals surface area contributed by atoms with E-state index in [1.807, 2.05) is 0 Å². The van der Waals surface area contributed by atoms with E-state index in [0.717, 1.165) is 12.3 Å². The van der Waals surface area contributed by atoms with Gasteiger partial charge in [-0.15, -0.1) is 0 Å². The maximum Gasteiger partial charge on any atom is 0.421 e. The van der Waals surface area contributed by atoms with Crippen molar-refractivity contribution in [2.24, 2.45) is 0 Å². The molecule has 2 heterocycles. The van der Waals surface area contributed by atoms with E-state index in [1.165, 1.54) is 6.07 Å². The molecule has 0 saturated carbocycles. The van der Waals surface area contributed by atoms with Crippen molar-refractivity contribution in [1.82, 2.24) is 9.97 Å². The van der Waals surface area contributed by atoms with Gasteiger partial charge in [0.1, 0.15) is 11.4 Å². The Morgan fingerprint density at radius 3 is 2.62 bits per heavy atom. The lowest BCUT2D eigenvalue weighted by molar-refractivity contribution is -0.139. The number of hydrogen-bond donors (Lipinski definition) is 1. The average Bonchev–Trinajstić information content (AvgIpc) is 2.64. The van der Waals surface area contributed by atoms with Crippen molar-refractivity contribution >= 4 is 29.1 Å². The van der Waals surface area contributed by atoms with Crippen molar-refractivity contribution in [3.05, 3.63) is 46.2 Å². The first-order valence-electron chi connectivity index (χ1n) is 8.77. The summed E-state index contributed by atoms with van der Waals surface area (Å²) in [5.41, 5.74) is -0.166. The molecule has 0 fully saturated rings. The van der Waals surface area contributed by atoms with Crippen molar-refractivity contribution in [3.8, 4) is 5.88 Å². The minimum atomic E-state index is -4.66. The summed E-state index contributed by atoms with van der Waals surface area (Å²) in [4.78, 5) is 31.6. The van der Waals surface area contributed by atoms with E-state index in [1.54, 1.807) is 19.9 Å². The van der Waals surface area contributed by atoms with E-state index in [9.17, 15) is 22.8 Å². The molecule has 0 unspecified atom stereocenters. The summed E-state index contributed by atoms with van der Waals surface area (Å²) < 4.78 is 44.1. The van der Waals surface area contributed by atoms with E-state index < -0.39 is 17.6 Å². The summed E-state index contributed by atoms with van der Waals surface area (Å²) in [5.74, 6) is -0.785. The molecular formula is C19H19ClF3N3O3. The maximum absolute atomic E-state index is 13.0. The zero-order valence-electron chi connectivity index (χ0n) is 15.8. The lowest BCUT2D eigenvalue weighted by Gasteiger charge is -2.13. The number of aryl methyl sites for hydroxylation is 1. The molecule has 0 saturated heterocycles. The molecule has 1 N–H and O–H groups in total. The number of amides is 1. The van der Waals surface area contributed by atoms with Gasteiger partial charge < -0.3 is 10.1 Å². The number of aromatic nitrogens is 2. The molecule has 0 bridgehead atoms. The number of nitrogens with zero attached hydrogens (tertiary/aromatic N) is 2. The van der Waals surface area contributed by atoms with Gasteiger partial charge in [-0.05, 0) is 31.5 Å². The molecule has 0 aliphatic carbocycles. The van der Waals surface area contributed by atoms with E-state index in [0.29, 0.717) is 11.3 Å². The minimum absolute atomic E-state index is 0.0412. The number of Topliss-reactive ketones (excluding diaryl/α,β-unsaturated/α-hetero) is 1. The van der Waals surface area contributed by atoms with Gasteiger partial charge in [0.25, 0.3) is 0 Å². The highest BCUT2D eigenvalue weighted by atomic mass is 35.5. The fourth-order valence-corrected chi connectivity index (χ4v) is 2.57. The predicted molar refractivity (Wildman–Crippen MR) is 101 cm³/mol. The molecule has 0 atom stereocenters. The van der Waals surface area contributed by atoms with Crippen LogP contribution in [-0.4, -0.2) is 28.3 Å². The first-order chi connectivity index (χ1) is 13.6. The van der Waals surface area contributed by atoms with Gasteiger partial charge in [0, 0.05) is 30.3 Å². The molecule has 2 aromatic rings. The number of ketones is 1. The number of carbonyl (C=O) groups excluding carboxylic acids is 2. The van der Waals surface area contributed by atoms with Crippen LogP contribution in [0.3, 0.4) is 0 Å². The van der Waals surface area contributed by atoms with Crippen LogP contribution in [0.1, 0.15) is 47.8 Å². The molecule has 29 heavy (non-hydrogen) atoms. The fraction of sp³-hybridized carbons (Fsp3) is 0.368. The Morgan fingerprint density at radius 2 is 1.97 bits per heavy atom. The third-order valence-electron chi connectivity index (χ3n) is 3.77. The average molecular weight is 430 g/mol. The largest absolute Gasteiger partial charge is 0.477 e. The van der Waals surface area contributed by atoms with Gasteiger partial charge in [-0.3, -0.25) is 9.59 Å². The number of ether oxygens (including phenoxy) is 1. The highest BCUT2D eigenvalue weighted by molar-refractivity contribution is 6.30. The highest BCUT2D eigenvalue weighted by Crippen LogP contribution is 2.36. The van der Waals surface area contributed by atoms with Crippen LogP contribution in [0.25, 0.3) is 0 Å². The van der Waals surface area contributed by atoms with E-state index >= 15 is 0 Å². The van der Waals surface area contributed by atoms with Crippen molar-refractivity contribution in [2.45, 2.75) is 39.3 Å². The summed E-state index contributed by atoms with van der Waals surface area (Å²) in [7, 11) is 0. The summed E-state index contributed by atoms with van der Waals surface area (Å²) in [6.07, 6.45) is -3.10. The molecule has 0 spiro atoms. The van der Waals surface area contributed by atoms with Crippen LogP contribution in [0, 0.1) is 6.92 Å². The van der Waals surface area contributed by atoms with E-state index in [4.69, 9.17) is 16.3 Å². The van der Waals surface area contributed by atoms with Crippen LogP contribution in [0.15, 0.2) is 24.4 Å². The Bertz CT molecular complexity index is 904. The molecule has 156 valence electrons. The third-order valence-corrected chi connectivity index (χ3v) is 3.98. The summed E-state index contributed by atoms with van der Waals surface area (Å²) in [6.45, 7) is 3.25. The van der Waals surface area contributed by atoms with E-state index in [2.05, 4.69) is 15.3 Å². The van der Waals surface area contributed by atoms with Crippen molar-refractivity contribution < 1.29 is 27.5 Å². The topological polar surface area (TPSA) is 81.2 Å². The number of pyridine rings is 2. The Morgan fingerprint density at radius 1 is 1.24 bits per heavy atom. The lowest BCUT2D eigenvalue weighted by Crippen LogP contribution is -2.13. The number of alkyl halides is 3. The standard InChI is InChI=1S/C19H19ClF3N3O3/c1-3-17(28)26-16-8-12(7-11(2)25-16)15(27)5-4-6-29-18-14(19(21,22)23)9-13(20)10-24-18/h7-10H,3-6H2,1-2H3,(H,25,26,28). The van der Waals surface area contributed by atoms with Crippen LogP contribution >= 0.6 is 11.6 Å². The van der Waals surface area contributed by atoms with Crippen LogP contribution in [0.4, 0.5) is 19.0 Å². The van der Waals surface area contributed by atoms with Crippen LogP contribution in [0.2, 0.25) is 5.02 Å². The van der Waals surface area contributed by atoms with Gasteiger partial charge in [-0.25, -0.2) is 9.97 Å². The van der Waals surface area contributed by atoms with Gasteiger partial charge in [0.2, 0.25) is 11.8 Å². The van der Waals surface area contributed by atoms with Gasteiger partial charge in [-0.2, -0.15) is 13.2 Å². The molecule has 1 amide bonds. The monoisotopic (exact) mass is 429 g/mol. The minimum Gasteiger partial charge on any atom is -0.477 e. The van der Waals surface area contributed by atoms with Crippen LogP contribution in [-0.2, 0) is 11.0 Å². The number of halogens is 4. The maximum atomic E-state index is 13.0. The molecule has 0 aliphatic heterocycles. The molecule has 10 heteroatoms. The van der Waals surface area contributed by atoms with Crippen LogP contribution in [0.5, 0.6) is 5.88 Å². The third kappa shape index (κ3) is 6.70. The van der Waals surface area contributed by atoms with E-state index in [-0.39, 0.29) is 48.4 Å². The Kier molecular flexibility index (Phi) is 7.55. The number of rotatable bonds is 8. The second kappa shape index (κ2) is 9.69. The van der Waals surface area contributed by atoms with Crippen molar-refractivity contribution in [2.75, 3.05) is 11.9 Å². The second-order valence-corrected chi connectivity index (χ2v) is 6.60. The Labute approximate surface area is 170 Å². The van der Waals surface area contributed by atoms with Crippen LogP contribution < -0.4 is 10.1 Å². The second-order valence-electron chi connectivity index (χ2n) is 6.16. The fourth-order valence-electron chi connectivity index (χ4n) is 2.42. The molecule has 2 aromatic heterocycles. The molecule has 0 aliphatic rings. The lowest BCUT2D eigenvalue weighted by atomic mass is 10.1. The summed E-state index contributed by atoms with van der Waals surface area (Å²) in [6, 6.07) is 3.78. The zero-order chi connectivity index (χ0) is 21.6. The number of carbonyl (C=O) groups is 2. The van der Waals surface area contributed by atoms with Gasteiger partial charge in [-0.1, -0.05) is 18.5 Å². The van der Waals surface area contributed by atoms with Crippen molar-refractivity contribution in [1.29, 1.82) is 0 Å². The molecule has 0 aromatic carbocycles. The number of nitrogens with one attached hydrogen (secondary N) is 1. The molecular weight excluding hydrogens is 411 g/mol. The van der Waals surface area contributed by atoms with Gasteiger partial charge >= 0.3 is 6.18 Å². The summed E-state index contributed by atoms with van der Waals surface area (Å²) in [5, 5.41) is 2.43. The van der Waals surface area contributed by atoms with Crippen molar-refractivity contribution in [3.63, 3.8) is 0 Å². The Balaban J connectivity index is 1.97.